The zero-order chi connectivity index (χ0) is 15.7. The maximum absolute atomic E-state index is 12.8. The highest BCUT2D eigenvalue weighted by Crippen LogP contribution is 2.34. The van der Waals surface area contributed by atoms with Crippen molar-refractivity contribution in [2.75, 3.05) is 6.54 Å². The number of H-pyrrole nitrogens is 1. The second kappa shape index (κ2) is 5.51. The molecule has 0 amide bonds. The maximum Gasteiger partial charge on any atom is 0.243 e. The van der Waals surface area contributed by atoms with Crippen LogP contribution in [0.25, 0.3) is 0 Å². The molecule has 1 aliphatic rings. The van der Waals surface area contributed by atoms with E-state index in [4.69, 9.17) is 5.26 Å². The van der Waals surface area contributed by atoms with Gasteiger partial charge in [-0.3, -0.25) is 5.10 Å². The Morgan fingerprint density at radius 2 is 2.09 bits per heavy atom. The van der Waals surface area contributed by atoms with Gasteiger partial charge in [0.1, 0.15) is 5.82 Å². The molecule has 2 heterocycles. The number of sulfonamides is 1. The summed E-state index contributed by atoms with van der Waals surface area (Å²) in [6.07, 6.45) is 1.47. The lowest BCUT2D eigenvalue weighted by Crippen LogP contribution is -2.31. The lowest BCUT2D eigenvalue weighted by molar-refractivity contribution is 0.384. The number of aromatic nitrogens is 3. The summed E-state index contributed by atoms with van der Waals surface area (Å²) in [4.78, 5) is 4.45. The van der Waals surface area contributed by atoms with E-state index in [0.29, 0.717) is 30.2 Å². The Labute approximate surface area is 128 Å². The number of aromatic amines is 1. The summed E-state index contributed by atoms with van der Waals surface area (Å²) in [7, 11) is -3.62. The monoisotopic (exact) mass is 317 g/mol. The van der Waals surface area contributed by atoms with Crippen molar-refractivity contribution >= 4 is 10.0 Å². The summed E-state index contributed by atoms with van der Waals surface area (Å²) in [5.41, 5.74) is 0.432. The zero-order valence-corrected chi connectivity index (χ0v) is 12.8. The Bertz CT molecular complexity index is 820. The van der Waals surface area contributed by atoms with E-state index in [2.05, 4.69) is 15.2 Å². The molecule has 0 radical (unpaired) electrons. The predicted octanol–water partition coefficient (Wildman–Crippen LogP) is 1.51. The zero-order valence-electron chi connectivity index (χ0n) is 12.0. The fraction of sp³-hybridized carbons (Fsp3) is 0.357. The molecule has 1 aromatic heterocycles. The van der Waals surface area contributed by atoms with Crippen molar-refractivity contribution in [3.8, 4) is 6.07 Å². The molecule has 2 aromatic rings. The van der Waals surface area contributed by atoms with Crippen molar-refractivity contribution in [2.45, 2.75) is 30.7 Å². The maximum atomic E-state index is 12.8. The predicted molar refractivity (Wildman–Crippen MR) is 78.1 cm³/mol. The SMILES string of the molecule is Cc1nc(C2CCCN2S(=O)(=O)c2ccc(C#N)cc2)n[nH]1. The summed E-state index contributed by atoms with van der Waals surface area (Å²) in [5, 5.41) is 15.7. The molecule has 3 rings (SSSR count). The lowest BCUT2D eigenvalue weighted by Gasteiger charge is -2.22. The van der Waals surface area contributed by atoms with Gasteiger partial charge in [-0.05, 0) is 44.0 Å². The first kappa shape index (κ1) is 14.7. The van der Waals surface area contributed by atoms with Crippen molar-refractivity contribution in [3.63, 3.8) is 0 Å². The average molecular weight is 317 g/mol. The first-order valence-electron chi connectivity index (χ1n) is 6.93. The molecule has 1 saturated heterocycles. The van der Waals surface area contributed by atoms with Gasteiger partial charge < -0.3 is 0 Å². The Hall–Kier alpha value is -2.24. The van der Waals surface area contributed by atoms with Crippen LogP contribution in [-0.2, 0) is 10.0 Å². The van der Waals surface area contributed by atoms with E-state index in [1.165, 1.54) is 28.6 Å². The number of nitrogens with zero attached hydrogens (tertiary/aromatic N) is 4. The second-order valence-corrected chi connectivity index (χ2v) is 7.08. The molecule has 8 heteroatoms. The van der Waals surface area contributed by atoms with Gasteiger partial charge in [-0.1, -0.05) is 0 Å². The minimum absolute atomic E-state index is 0.186. The van der Waals surface area contributed by atoms with E-state index in [1.807, 2.05) is 6.07 Å². The summed E-state index contributed by atoms with van der Waals surface area (Å²) in [5.74, 6) is 1.17. The molecule has 0 aliphatic carbocycles. The summed E-state index contributed by atoms with van der Waals surface area (Å²) in [6.45, 7) is 2.23. The van der Waals surface area contributed by atoms with Crippen molar-refractivity contribution in [1.29, 1.82) is 5.26 Å². The Morgan fingerprint density at radius 1 is 1.36 bits per heavy atom. The van der Waals surface area contributed by atoms with Gasteiger partial charge >= 0.3 is 0 Å². The smallest absolute Gasteiger partial charge is 0.243 e. The molecule has 1 N–H and O–H groups in total. The third-order valence-electron chi connectivity index (χ3n) is 3.71. The molecule has 114 valence electrons. The minimum atomic E-state index is -3.62. The average Bonchev–Trinajstić information content (AvgIpc) is 3.16. The van der Waals surface area contributed by atoms with Gasteiger partial charge in [0, 0.05) is 6.54 Å². The Balaban J connectivity index is 1.95. The molecule has 0 saturated carbocycles. The van der Waals surface area contributed by atoms with Crippen LogP contribution in [0, 0.1) is 18.3 Å². The van der Waals surface area contributed by atoms with Crippen LogP contribution in [0.2, 0.25) is 0 Å². The van der Waals surface area contributed by atoms with Crippen LogP contribution in [0.1, 0.15) is 36.1 Å². The van der Waals surface area contributed by atoms with Crippen LogP contribution >= 0.6 is 0 Å². The van der Waals surface area contributed by atoms with Crippen LogP contribution in [0.5, 0.6) is 0 Å². The van der Waals surface area contributed by atoms with E-state index in [-0.39, 0.29) is 10.9 Å². The molecule has 1 atom stereocenters. The number of nitrogens with one attached hydrogen (secondary N) is 1. The van der Waals surface area contributed by atoms with Gasteiger partial charge in [0.05, 0.1) is 22.6 Å². The van der Waals surface area contributed by atoms with Crippen molar-refractivity contribution < 1.29 is 8.42 Å². The highest BCUT2D eigenvalue weighted by Gasteiger charge is 2.38. The molecule has 7 nitrogen and oxygen atoms in total. The van der Waals surface area contributed by atoms with Gasteiger partial charge in [0.25, 0.3) is 0 Å². The van der Waals surface area contributed by atoms with Crippen LogP contribution in [0.4, 0.5) is 0 Å². The summed E-state index contributed by atoms with van der Waals surface area (Å²) < 4.78 is 27.0. The first-order chi connectivity index (χ1) is 10.5. The fourth-order valence-electron chi connectivity index (χ4n) is 2.63. The molecule has 1 fully saturated rings. The molecular weight excluding hydrogens is 302 g/mol. The third kappa shape index (κ3) is 2.49. The van der Waals surface area contributed by atoms with E-state index in [1.54, 1.807) is 6.92 Å². The van der Waals surface area contributed by atoms with Crippen molar-refractivity contribution in [2.24, 2.45) is 0 Å². The quantitative estimate of drug-likeness (QED) is 0.924. The van der Waals surface area contributed by atoms with Gasteiger partial charge in [0.2, 0.25) is 10.0 Å². The van der Waals surface area contributed by atoms with E-state index in [9.17, 15) is 8.42 Å². The number of aryl methyl sites for hydroxylation is 1. The standard InChI is InChI=1S/C14H15N5O2S/c1-10-16-14(18-17-10)13-3-2-8-19(13)22(20,21)12-6-4-11(9-15)5-7-12/h4-7,13H,2-3,8H2,1H3,(H,16,17,18). The largest absolute Gasteiger partial charge is 0.263 e. The highest BCUT2D eigenvalue weighted by atomic mass is 32.2. The van der Waals surface area contributed by atoms with Gasteiger partial charge in [-0.25, -0.2) is 13.4 Å². The van der Waals surface area contributed by atoms with E-state index < -0.39 is 10.0 Å². The van der Waals surface area contributed by atoms with Crippen LogP contribution in [0.3, 0.4) is 0 Å². The second-order valence-electron chi connectivity index (χ2n) is 5.19. The third-order valence-corrected chi connectivity index (χ3v) is 5.63. The van der Waals surface area contributed by atoms with E-state index in [0.717, 1.165) is 6.42 Å². The molecule has 0 spiro atoms. The first-order valence-corrected chi connectivity index (χ1v) is 8.37. The van der Waals surface area contributed by atoms with Crippen LogP contribution in [-0.4, -0.2) is 34.4 Å². The number of benzene rings is 1. The number of rotatable bonds is 3. The molecule has 1 aromatic carbocycles. The van der Waals surface area contributed by atoms with Crippen LogP contribution in [0.15, 0.2) is 29.2 Å². The van der Waals surface area contributed by atoms with Crippen molar-refractivity contribution in [3.05, 3.63) is 41.5 Å². The fourth-order valence-corrected chi connectivity index (χ4v) is 4.29. The lowest BCUT2D eigenvalue weighted by atomic mass is 10.2. The molecule has 1 unspecified atom stereocenters. The molecule has 22 heavy (non-hydrogen) atoms. The Morgan fingerprint density at radius 3 is 2.68 bits per heavy atom. The molecular formula is C14H15N5O2S. The number of nitriles is 1. The summed E-state index contributed by atoms with van der Waals surface area (Å²) >= 11 is 0. The molecule has 1 aliphatic heterocycles. The van der Waals surface area contributed by atoms with E-state index >= 15 is 0 Å². The van der Waals surface area contributed by atoms with Gasteiger partial charge in [0.15, 0.2) is 5.82 Å². The Kier molecular flexibility index (Phi) is 3.68. The van der Waals surface area contributed by atoms with Gasteiger partial charge in [-0.2, -0.15) is 14.7 Å². The minimum Gasteiger partial charge on any atom is -0.263 e. The molecule has 0 bridgehead atoms. The highest BCUT2D eigenvalue weighted by molar-refractivity contribution is 7.89. The van der Waals surface area contributed by atoms with Crippen molar-refractivity contribution in [1.82, 2.24) is 19.5 Å². The number of hydrogen-bond donors (Lipinski definition) is 1. The van der Waals surface area contributed by atoms with Crippen LogP contribution < -0.4 is 0 Å². The summed E-state index contributed by atoms with van der Waals surface area (Å²) in [6, 6.07) is 7.59. The van der Waals surface area contributed by atoms with Gasteiger partial charge in [-0.15, -0.1) is 0 Å². The topological polar surface area (TPSA) is 103 Å². The number of hydrogen-bond acceptors (Lipinski definition) is 5. The normalized spacial score (nSPS) is 19.2.